The minimum Gasteiger partial charge on any atom is -0.324 e. The number of nitriles is 1. The molecule has 1 unspecified atom stereocenters. The van der Waals surface area contributed by atoms with Crippen molar-refractivity contribution in [3.63, 3.8) is 0 Å². The average Bonchev–Trinajstić information content (AvgIpc) is 2.16. The summed E-state index contributed by atoms with van der Waals surface area (Å²) in [4.78, 5) is 0. The van der Waals surface area contributed by atoms with Crippen LogP contribution < -0.4 is 5.73 Å². The zero-order valence-corrected chi connectivity index (χ0v) is 7.35. The van der Waals surface area contributed by atoms with Gasteiger partial charge in [-0.05, 0) is 12.0 Å². The third-order valence-electron chi connectivity index (χ3n) is 1.73. The van der Waals surface area contributed by atoms with Crippen molar-refractivity contribution in [1.82, 2.24) is 0 Å². The van der Waals surface area contributed by atoms with Crippen LogP contribution in [0.25, 0.3) is 0 Å². The molecule has 2 N–H and O–H groups in total. The summed E-state index contributed by atoms with van der Waals surface area (Å²) in [6, 6.07) is 11.8. The van der Waals surface area contributed by atoms with E-state index < -0.39 is 0 Å². The Bertz CT molecular complexity index is 309. The van der Waals surface area contributed by atoms with Crippen molar-refractivity contribution in [2.24, 2.45) is 5.73 Å². The van der Waals surface area contributed by atoms with E-state index in [9.17, 15) is 0 Å². The lowest BCUT2D eigenvalue weighted by molar-refractivity contribution is 0.810. The van der Waals surface area contributed by atoms with Crippen LogP contribution in [-0.2, 0) is 6.42 Å². The smallest absolute Gasteiger partial charge is 0.0909 e. The van der Waals surface area contributed by atoms with Gasteiger partial charge in [0.15, 0.2) is 0 Å². The molecule has 2 nitrogen and oxygen atoms in total. The van der Waals surface area contributed by atoms with E-state index in [1.807, 2.05) is 36.4 Å². The van der Waals surface area contributed by atoms with Crippen molar-refractivity contribution < 1.29 is 0 Å². The first-order valence-corrected chi connectivity index (χ1v) is 4.18. The first kappa shape index (κ1) is 9.50. The van der Waals surface area contributed by atoms with Crippen molar-refractivity contribution in [3.05, 3.63) is 48.0 Å². The number of allylic oxidation sites excluding steroid dienone is 1. The van der Waals surface area contributed by atoms with Gasteiger partial charge in [-0.2, -0.15) is 5.26 Å². The number of hydrogen-bond donors (Lipinski definition) is 1. The first-order valence-electron chi connectivity index (χ1n) is 4.18. The second-order valence-corrected chi connectivity index (χ2v) is 2.84. The van der Waals surface area contributed by atoms with Crippen LogP contribution in [0.1, 0.15) is 5.56 Å². The maximum Gasteiger partial charge on any atom is 0.0909 e. The minimum atomic E-state index is -0.0675. The number of rotatable bonds is 3. The Labute approximate surface area is 78.3 Å². The van der Waals surface area contributed by atoms with E-state index in [2.05, 4.69) is 0 Å². The number of hydrogen-bond acceptors (Lipinski definition) is 2. The van der Waals surface area contributed by atoms with Gasteiger partial charge in [-0.15, -0.1) is 0 Å². The molecular formula is C11H12N2. The number of benzene rings is 1. The quantitative estimate of drug-likeness (QED) is 0.704. The molecule has 0 aliphatic heterocycles. The Morgan fingerprint density at radius 2 is 2.08 bits per heavy atom. The molecule has 0 radical (unpaired) electrons. The van der Waals surface area contributed by atoms with E-state index in [4.69, 9.17) is 11.0 Å². The summed E-state index contributed by atoms with van der Waals surface area (Å²) < 4.78 is 0. The predicted molar refractivity (Wildman–Crippen MR) is 52.9 cm³/mol. The molecule has 0 bridgehead atoms. The summed E-state index contributed by atoms with van der Waals surface area (Å²) >= 11 is 0. The van der Waals surface area contributed by atoms with E-state index in [0.717, 1.165) is 6.42 Å². The normalized spacial score (nSPS) is 12.6. The summed E-state index contributed by atoms with van der Waals surface area (Å²) in [6.45, 7) is 0. The zero-order valence-electron chi connectivity index (χ0n) is 7.35. The molecule has 66 valence electrons. The summed E-state index contributed by atoms with van der Waals surface area (Å²) in [5.74, 6) is 0. The van der Waals surface area contributed by atoms with E-state index in [-0.39, 0.29) is 6.04 Å². The lowest BCUT2D eigenvalue weighted by Gasteiger charge is -2.04. The molecule has 0 fully saturated rings. The topological polar surface area (TPSA) is 49.8 Å². The van der Waals surface area contributed by atoms with E-state index in [0.29, 0.717) is 0 Å². The molecule has 0 aliphatic carbocycles. The van der Waals surface area contributed by atoms with Crippen LogP contribution in [0.15, 0.2) is 42.5 Å². The Morgan fingerprint density at radius 3 is 2.69 bits per heavy atom. The largest absolute Gasteiger partial charge is 0.324 e. The fourth-order valence-corrected chi connectivity index (χ4v) is 1.12. The van der Waals surface area contributed by atoms with Gasteiger partial charge in [0.2, 0.25) is 0 Å². The second kappa shape index (κ2) is 5.13. The SMILES string of the molecule is N#CC=CC(N)Cc1ccccc1. The molecule has 1 aromatic rings. The molecule has 0 spiro atoms. The van der Waals surface area contributed by atoms with Crippen LogP contribution in [0.4, 0.5) is 0 Å². The second-order valence-electron chi connectivity index (χ2n) is 2.84. The summed E-state index contributed by atoms with van der Waals surface area (Å²) in [7, 11) is 0. The molecule has 1 atom stereocenters. The highest BCUT2D eigenvalue weighted by Crippen LogP contribution is 2.02. The molecule has 13 heavy (non-hydrogen) atoms. The van der Waals surface area contributed by atoms with Crippen LogP contribution in [0, 0.1) is 11.3 Å². The van der Waals surface area contributed by atoms with E-state index in [1.54, 1.807) is 6.08 Å². The van der Waals surface area contributed by atoms with Crippen molar-refractivity contribution in [2.45, 2.75) is 12.5 Å². The van der Waals surface area contributed by atoms with Crippen LogP contribution in [0.5, 0.6) is 0 Å². The Morgan fingerprint density at radius 1 is 1.38 bits per heavy atom. The van der Waals surface area contributed by atoms with Crippen molar-refractivity contribution in [1.29, 1.82) is 5.26 Å². The summed E-state index contributed by atoms with van der Waals surface area (Å²) in [5.41, 5.74) is 6.95. The summed E-state index contributed by atoms with van der Waals surface area (Å²) in [5, 5.41) is 8.29. The van der Waals surface area contributed by atoms with Crippen LogP contribution in [-0.4, -0.2) is 6.04 Å². The highest BCUT2D eigenvalue weighted by Gasteiger charge is 1.97. The molecular weight excluding hydrogens is 160 g/mol. The molecule has 0 amide bonds. The molecule has 0 heterocycles. The van der Waals surface area contributed by atoms with Crippen LogP contribution in [0.2, 0.25) is 0 Å². The maximum absolute atomic E-state index is 8.29. The maximum atomic E-state index is 8.29. The Balaban J connectivity index is 2.51. The van der Waals surface area contributed by atoms with Gasteiger partial charge < -0.3 is 5.73 Å². The molecule has 1 aromatic carbocycles. The molecule has 1 rings (SSSR count). The fraction of sp³-hybridized carbons (Fsp3) is 0.182. The van der Waals surface area contributed by atoms with Gasteiger partial charge in [0.25, 0.3) is 0 Å². The van der Waals surface area contributed by atoms with Gasteiger partial charge in [0.05, 0.1) is 6.07 Å². The Hall–Kier alpha value is -1.59. The van der Waals surface area contributed by atoms with Crippen LogP contribution >= 0.6 is 0 Å². The van der Waals surface area contributed by atoms with Gasteiger partial charge >= 0.3 is 0 Å². The highest BCUT2D eigenvalue weighted by molar-refractivity contribution is 5.18. The summed E-state index contributed by atoms with van der Waals surface area (Å²) in [6.07, 6.45) is 3.92. The van der Waals surface area contributed by atoms with Crippen LogP contribution in [0.3, 0.4) is 0 Å². The minimum absolute atomic E-state index is 0.0675. The van der Waals surface area contributed by atoms with Crippen molar-refractivity contribution in [3.8, 4) is 6.07 Å². The van der Waals surface area contributed by atoms with Gasteiger partial charge in [0.1, 0.15) is 0 Å². The van der Waals surface area contributed by atoms with E-state index in [1.165, 1.54) is 11.6 Å². The van der Waals surface area contributed by atoms with Gasteiger partial charge in [0, 0.05) is 12.1 Å². The monoisotopic (exact) mass is 172 g/mol. The standard InChI is InChI=1S/C11H12N2/c12-8-4-7-11(13)9-10-5-2-1-3-6-10/h1-7,11H,9,13H2. The van der Waals surface area contributed by atoms with Gasteiger partial charge in [-0.1, -0.05) is 36.4 Å². The zero-order chi connectivity index (χ0) is 9.52. The fourth-order valence-electron chi connectivity index (χ4n) is 1.12. The van der Waals surface area contributed by atoms with Crippen molar-refractivity contribution >= 4 is 0 Å². The molecule has 2 heteroatoms. The van der Waals surface area contributed by atoms with E-state index >= 15 is 0 Å². The lowest BCUT2D eigenvalue weighted by Crippen LogP contribution is -2.19. The molecule has 0 saturated carbocycles. The highest BCUT2D eigenvalue weighted by atomic mass is 14.6. The molecule has 0 aromatic heterocycles. The average molecular weight is 172 g/mol. The Kier molecular flexibility index (Phi) is 3.74. The molecule has 0 saturated heterocycles. The third kappa shape index (κ3) is 3.55. The first-order chi connectivity index (χ1) is 6.33. The number of nitrogens with two attached hydrogens (primary N) is 1. The van der Waals surface area contributed by atoms with Crippen molar-refractivity contribution in [2.75, 3.05) is 0 Å². The molecule has 0 aliphatic rings. The predicted octanol–water partition coefficient (Wildman–Crippen LogP) is 1.64. The van der Waals surface area contributed by atoms with Gasteiger partial charge in [-0.3, -0.25) is 0 Å². The number of nitrogens with zero attached hydrogens (tertiary/aromatic N) is 1. The lowest BCUT2D eigenvalue weighted by atomic mass is 10.1. The van der Waals surface area contributed by atoms with Gasteiger partial charge in [-0.25, -0.2) is 0 Å². The third-order valence-corrected chi connectivity index (χ3v) is 1.73.